The summed E-state index contributed by atoms with van der Waals surface area (Å²) in [6, 6.07) is 3.67. The molecular formula is C14H17F2N3O2. The first kappa shape index (κ1) is 15.4. The number of nitrogens with one attached hydrogen (secondary N) is 2. The number of nitrogens with zero attached hydrogens (tertiary/aromatic N) is 1. The van der Waals surface area contributed by atoms with E-state index < -0.39 is 17.5 Å². The third-order valence-electron chi connectivity index (χ3n) is 3.29. The van der Waals surface area contributed by atoms with Gasteiger partial charge in [-0.25, -0.2) is 8.78 Å². The predicted molar refractivity (Wildman–Crippen MR) is 72.5 cm³/mol. The Morgan fingerprint density at radius 1 is 1.24 bits per heavy atom. The fourth-order valence-electron chi connectivity index (χ4n) is 2.12. The first-order chi connectivity index (χ1) is 10.1. The number of carbonyl (C=O) groups is 2. The number of hydrogen-bond acceptors (Lipinski definition) is 3. The average molecular weight is 297 g/mol. The van der Waals surface area contributed by atoms with Crippen molar-refractivity contribution in [2.75, 3.05) is 32.7 Å². The van der Waals surface area contributed by atoms with Crippen LogP contribution in [0.5, 0.6) is 0 Å². The molecule has 0 unspecified atom stereocenters. The van der Waals surface area contributed by atoms with Crippen LogP contribution in [0.4, 0.5) is 8.78 Å². The number of amides is 2. The van der Waals surface area contributed by atoms with Gasteiger partial charge in [-0.1, -0.05) is 12.1 Å². The van der Waals surface area contributed by atoms with Gasteiger partial charge in [-0.05, 0) is 6.07 Å². The van der Waals surface area contributed by atoms with Crippen molar-refractivity contribution >= 4 is 11.8 Å². The molecule has 2 N–H and O–H groups in total. The third-order valence-corrected chi connectivity index (χ3v) is 3.29. The molecule has 114 valence electrons. The highest BCUT2D eigenvalue weighted by molar-refractivity contribution is 5.85. The second-order valence-electron chi connectivity index (χ2n) is 4.80. The smallest absolute Gasteiger partial charge is 0.242 e. The molecule has 1 fully saturated rings. The second kappa shape index (κ2) is 7.12. The minimum atomic E-state index is -1.03. The quantitative estimate of drug-likeness (QED) is 0.826. The molecule has 2 amide bonds. The molecule has 0 atom stereocenters. The Morgan fingerprint density at radius 2 is 1.95 bits per heavy atom. The Balaban J connectivity index is 1.81. The van der Waals surface area contributed by atoms with E-state index in [1.54, 1.807) is 4.90 Å². The van der Waals surface area contributed by atoms with Crippen LogP contribution in [0.3, 0.4) is 0 Å². The summed E-state index contributed by atoms with van der Waals surface area (Å²) in [5, 5.41) is 5.56. The zero-order chi connectivity index (χ0) is 15.2. The maximum absolute atomic E-state index is 13.4. The van der Waals surface area contributed by atoms with E-state index in [2.05, 4.69) is 10.6 Å². The van der Waals surface area contributed by atoms with Crippen LogP contribution in [0.2, 0.25) is 0 Å². The summed E-state index contributed by atoms with van der Waals surface area (Å²) in [6.07, 6.45) is -0.293. The van der Waals surface area contributed by atoms with Gasteiger partial charge in [0.1, 0.15) is 0 Å². The molecule has 0 spiro atoms. The normalized spacial score (nSPS) is 14.9. The zero-order valence-electron chi connectivity index (χ0n) is 11.5. The van der Waals surface area contributed by atoms with Crippen LogP contribution in [0.1, 0.15) is 5.56 Å². The van der Waals surface area contributed by atoms with Gasteiger partial charge in [0, 0.05) is 31.7 Å². The van der Waals surface area contributed by atoms with Gasteiger partial charge < -0.3 is 15.5 Å². The van der Waals surface area contributed by atoms with Crippen LogP contribution in [0.15, 0.2) is 18.2 Å². The first-order valence-corrected chi connectivity index (χ1v) is 6.76. The van der Waals surface area contributed by atoms with Gasteiger partial charge in [0.25, 0.3) is 0 Å². The van der Waals surface area contributed by atoms with Gasteiger partial charge in [0.05, 0.1) is 13.0 Å². The molecule has 0 aromatic heterocycles. The van der Waals surface area contributed by atoms with Crippen LogP contribution < -0.4 is 10.6 Å². The fraction of sp³-hybridized carbons (Fsp3) is 0.429. The minimum absolute atomic E-state index is 0.0258. The molecule has 7 heteroatoms. The van der Waals surface area contributed by atoms with Gasteiger partial charge in [0.2, 0.25) is 11.8 Å². The number of benzene rings is 1. The standard InChI is InChI=1S/C14H17F2N3O2/c15-11-3-1-2-10(14(11)16)8-12(20)18-9-13(21)19-6-4-17-5-7-19/h1-3,17H,4-9H2,(H,18,20). The molecule has 1 aliphatic rings. The van der Waals surface area contributed by atoms with E-state index in [9.17, 15) is 18.4 Å². The van der Waals surface area contributed by atoms with Crippen molar-refractivity contribution in [2.24, 2.45) is 0 Å². The van der Waals surface area contributed by atoms with Gasteiger partial charge in [0.15, 0.2) is 11.6 Å². The van der Waals surface area contributed by atoms with Gasteiger partial charge in [-0.2, -0.15) is 0 Å². The third kappa shape index (κ3) is 4.22. The first-order valence-electron chi connectivity index (χ1n) is 6.76. The SMILES string of the molecule is O=C(Cc1cccc(F)c1F)NCC(=O)N1CCNCC1. The van der Waals surface area contributed by atoms with Crippen molar-refractivity contribution in [1.82, 2.24) is 15.5 Å². The van der Waals surface area contributed by atoms with Crippen LogP contribution in [0.25, 0.3) is 0 Å². The van der Waals surface area contributed by atoms with Crippen molar-refractivity contribution < 1.29 is 18.4 Å². The summed E-state index contributed by atoms with van der Waals surface area (Å²) < 4.78 is 26.4. The van der Waals surface area contributed by atoms with Crippen LogP contribution in [0, 0.1) is 11.6 Å². The Hall–Kier alpha value is -2.02. The summed E-state index contributed by atoms with van der Waals surface area (Å²) in [6.45, 7) is 2.54. The molecule has 21 heavy (non-hydrogen) atoms. The molecular weight excluding hydrogens is 280 g/mol. The lowest BCUT2D eigenvalue weighted by Crippen LogP contribution is -2.49. The molecule has 1 aliphatic heterocycles. The summed E-state index contributed by atoms with van der Waals surface area (Å²) >= 11 is 0. The number of rotatable bonds is 4. The summed E-state index contributed by atoms with van der Waals surface area (Å²) in [7, 11) is 0. The molecule has 1 aromatic carbocycles. The maximum atomic E-state index is 13.4. The van der Waals surface area contributed by atoms with Crippen LogP contribution >= 0.6 is 0 Å². The molecule has 2 rings (SSSR count). The van der Waals surface area contributed by atoms with E-state index in [1.807, 2.05) is 0 Å². The summed E-state index contributed by atoms with van der Waals surface area (Å²) in [4.78, 5) is 25.2. The van der Waals surface area contributed by atoms with Crippen molar-refractivity contribution in [2.45, 2.75) is 6.42 Å². The minimum Gasteiger partial charge on any atom is -0.347 e. The lowest BCUT2D eigenvalue weighted by Gasteiger charge is -2.27. The lowest BCUT2D eigenvalue weighted by molar-refractivity contribution is -0.133. The largest absolute Gasteiger partial charge is 0.347 e. The van der Waals surface area contributed by atoms with E-state index in [0.29, 0.717) is 13.1 Å². The van der Waals surface area contributed by atoms with Gasteiger partial charge in [-0.3, -0.25) is 9.59 Å². The number of piperazine rings is 1. The Bertz CT molecular complexity index is 531. The van der Waals surface area contributed by atoms with E-state index in [4.69, 9.17) is 0 Å². The van der Waals surface area contributed by atoms with E-state index >= 15 is 0 Å². The highest BCUT2D eigenvalue weighted by atomic mass is 19.2. The molecule has 0 aliphatic carbocycles. The van der Waals surface area contributed by atoms with E-state index in [-0.39, 0.29) is 24.4 Å². The Morgan fingerprint density at radius 3 is 2.67 bits per heavy atom. The Kier molecular flexibility index (Phi) is 5.21. The van der Waals surface area contributed by atoms with Crippen molar-refractivity contribution in [3.8, 4) is 0 Å². The molecule has 1 saturated heterocycles. The number of hydrogen-bond donors (Lipinski definition) is 2. The van der Waals surface area contributed by atoms with Crippen molar-refractivity contribution in [1.29, 1.82) is 0 Å². The van der Waals surface area contributed by atoms with E-state index in [1.165, 1.54) is 12.1 Å². The maximum Gasteiger partial charge on any atom is 0.242 e. The molecule has 1 aromatic rings. The Labute approximate surface area is 121 Å². The van der Waals surface area contributed by atoms with Crippen molar-refractivity contribution in [3.05, 3.63) is 35.4 Å². The molecule has 0 saturated carbocycles. The summed E-state index contributed by atoms with van der Waals surface area (Å²) in [5.74, 6) is -2.70. The molecule has 5 nitrogen and oxygen atoms in total. The number of halogens is 2. The van der Waals surface area contributed by atoms with Gasteiger partial charge in [-0.15, -0.1) is 0 Å². The second-order valence-corrected chi connectivity index (χ2v) is 4.80. The fourth-order valence-corrected chi connectivity index (χ4v) is 2.12. The van der Waals surface area contributed by atoms with Crippen molar-refractivity contribution in [3.63, 3.8) is 0 Å². The highest BCUT2D eigenvalue weighted by Gasteiger charge is 2.17. The van der Waals surface area contributed by atoms with Crippen LogP contribution in [-0.2, 0) is 16.0 Å². The van der Waals surface area contributed by atoms with Crippen LogP contribution in [-0.4, -0.2) is 49.4 Å². The predicted octanol–water partition coefficient (Wildman–Crippen LogP) is 0.0553. The average Bonchev–Trinajstić information content (AvgIpc) is 2.50. The molecule has 0 radical (unpaired) electrons. The topological polar surface area (TPSA) is 61.4 Å². The monoisotopic (exact) mass is 297 g/mol. The highest BCUT2D eigenvalue weighted by Crippen LogP contribution is 2.11. The lowest BCUT2D eigenvalue weighted by atomic mass is 10.1. The van der Waals surface area contributed by atoms with E-state index in [0.717, 1.165) is 19.2 Å². The van der Waals surface area contributed by atoms with Gasteiger partial charge >= 0.3 is 0 Å². The molecule has 0 bridgehead atoms. The molecule has 1 heterocycles. The zero-order valence-corrected chi connectivity index (χ0v) is 11.5. The number of carbonyl (C=O) groups excluding carboxylic acids is 2. The summed E-state index contributed by atoms with van der Waals surface area (Å²) in [5.41, 5.74) is -0.0258.